The van der Waals surface area contributed by atoms with Crippen LogP contribution in [0.2, 0.25) is 0 Å². The maximum Gasteiger partial charge on any atom is 0.244 e. The van der Waals surface area contributed by atoms with Gasteiger partial charge in [-0.15, -0.1) is 0 Å². The Hall–Kier alpha value is -0.830. The lowest BCUT2D eigenvalue weighted by molar-refractivity contribution is -0.114. The van der Waals surface area contributed by atoms with Crippen molar-refractivity contribution in [1.82, 2.24) is 4.90 Å². The van der Waals surface area contributed by atoms with Crippen LogP contribution >= 0.6 is 0 Å². The fourth-order valence-electron chi connectivity index (χ4n) is 1.87. The Kier molecular flexibility index (Phi) is 7.90. The Bertz CT molecular complexity index is 230. The van der Waals surface area contributed by atoms with Gasteiger partial charge < -0.3 is 5.73 Å². The van der Waals surface area contributed by atoms with E-state index in [0.29, 0.717) is 11.6 Å². The van der Waals surface area contributed by atoms with Crippen LogP contribution in [-0.2, 0) is 4.79 Å². The molecule has 3 nitrogen and oxygen atoms in total. The van der Waals surface area contributed by atoms with Crippen molar-refractivity contribution in [3.8, 4) is 0 Å². The van der Waals surface area contributed by atoms with E-state index in [1.165, 1.54) is 0 Å². The highest BCUT2D eigenvalue weighted by molar-refractivity contribution is 5.91. The summed E-state index contributed by atoms with van der Waals surface area (Å²) < 4.78 is 0. The Morgan fingerprint density at radius 2 is 1.75 bits per heavy atom. The van der Waals surface area contributed by atoms with Crippen LogP contribution in [0.15, 0.2) is 11.6 Å². The molecule has 0 heterocycles. The molecule has 0 spiro atoms. The molecule has 0 bridgehead atoms. The molecule has 0 fully saturated rings. The first-order valence-electron chi connectivity index (χ1n) is 6.29. The molecule has 0 aromatic rings. The number of hydrogen-bond acceptors (Lipinski definition) is 2. The summed E-state index contributed by atoms with van der Waals surface area (Å²) in [5.74, 6) is -0.314. The summed E-state index contributed by atoms with van der Waals surface area (Å²) in [6.45, 7) is 10.5. The Morgan fingerprint density at radius 3 is 2.06 bits per heavy atom. The van der Waals surface area contributed by atoms with Gasteiger partial charge in [0.1, 0.15) is 0 Å². The fourth-order valence-corrected chi connectivity index (χ4v) is 1.87. The largest absolute Gasteiger partial charge is 0.366 e. The van der Waals surface area contributed by atoms with Gasteiger partial charge in [0, 0.05) is 11.6 Å². The third kappa shape index (κ3) is 5.31. The van der Waals surface area contributed by atoms with Crippen LogP contribution in [0.3, 0.4) is 0 Å². The number of rotatable bonds is 8. The van der Waals surface area contributed by atoms with Gasteiger partial charge in [0.2, 0.25) is 5.91 Å². The molecule has 0 saturated carbocycles. The zero-order valence-electron chi connectivity index (χ0n) is 11.1. The molecule has 0 aliphatic heterocycles. The van der Waals surface area contributed by atoms with Crippen LogP contribution in [0, 0.1) is 0 Å². The van der Waals surface area contributed by atoms with Crippen molar-refractivity contribution in [3.63, 3.8) is 0 Å². The average molecular weight is 226 g/mol. The lowest BCUT2D eigenvalue weighted by atomic mass is 10.1. The van der Waals surface area contributed by atoms with Gasteiger partial charge in [0.05, 0.1) is 0 Å². The second-order valence-corrected chi connectivity index (χ2v) is 4.23. The molecule has 0 aromatic carbocycles. The lowest BCUT2D eigenvalue weighted by Gasteiger charge is -2.28. The summed E-state index contributed by atoms with van der Waals surface area (Å²) >= 11 is 0. The Morgan fingerprint density at radius 1 is 1.25 bits per heavy atom. The number of carbonyl (C=O) groups is 1. The van der Waals surface area contributed by atoms with Gasteiger partial charge in [-0.25, -0.2) is 0 Å². The van der Waals surface area contributed by atoms with Crippen molar-refractivity contribution in [3.05, 3.63) is 11.6 Å². The van der Waals surface area contributed by atoms with Crippen molar-refractivity contribution in [2.24, 2.45) is 5.73 Å². The molecular formula is C13H26N2O. The van der Waals surface area contributed by atoms with Crippen LogP contribution in [0.1, 0.15) is 47.0 Å². The van der Waals surface area contributed by atoms with E-state index in [0.717, 1.165) is 32.4 Å². The predicted molar refractivity (Wildman–Crippen MR) is 69.2 cm³/mol. The van der Waals surface area contributed by atoms with Gasteiger partial charge in [-0.3, -0.25) is 9.69 Å². The molecule has 1 unspecified atom stereocenters. The van der Waals surface area contributed by atoms with Gasteiger partial charge in [-0.05, 0) is 39.3 Å². The van der Waals surface area contributed by atoms with E-state index in [1.807, 2.05) is 6.08 Å². The molecule has 0 rings (SSSR count). The minimum atomic E-state index is -0.314. The molecule has 1 amide bonds. The second kappa shape index (κ2) is 8.34. The Balaban J connectivity index is 4.64. The summed E-state index contributed by atoms with van der Waals surface area (Å²) in [5.41, 5.74) is 5.93. The van der Waals surface area contributed by atoms with Crippen molar-refractivity contribution in [2.75, 3.05) is 13.1 Å². The van der Waals surface area contributed by atoms with Gasteiger partial charge in [-0.1, -0.05) is 26.8 Å². The first-order chi connectivity index (χ1) is 7.56. The van der Waals surface area contributed by atoms with Gasteiger partial charge in [0.25, 0.3) is 0 Å². The number of nitrogens with zero attached hydrogens (tertiary/aromatic N) is 1. The van der Waals surface area contributed by atoms with Crippen molar-refractivity contribution in [1.29, 1.82) is 0 Å². The Labute approximate surface area is 99.7 Å². The van der Waals surface area contributed by atoms with Gasteiger partial charge in [0.15, 0.2) is 0 Å². The zero-order valence-corrected chi connectivity index (χ0v) is 11.1. The second-order valence-electron chi connectivity index (χ2n) is 4.23. The number of amides is 1. The molecule has 94 valence electrons. The highest BCUT2D eigenvalue weighted by Crippen LogP contribution is 2.10. The van der Waals surface area contributed by atoms with Gasteiger partial charge >= 0.3 is 0 Å². The average Bonchev–Trinajstić information content (AvgIpc) is 2.25. The van der Waals surface area contributed by atoms with Crippen LogP contribution < -0.4 is 5.73 Å². The lowest BCUT2D eigenvalue weighted by Crippen LogP contribution is -2.35. The molecule has 0 aromatic heterocycles. The van der Waals surface area contributed by atoms with Gasteiger partial charge in [-0.2, -0.15) is 0 Å². The smallest absolute Gasteiger partial charge is 0.244 e. The summed E-state index contributed by atoms with van der Waals surface area (Å²) in [6.07, 6.45) is 5.30. The minimum absolute atomic E-state index is 0.314. The molecule has 1 atom stereocenters. The molecule has 0 aliphatic rings. The standard InChI is InChI=1S/C13H26N2O/c1-5-8-15(9-6-2)12(7-3)10-11(4)13(14)16/h10,12H,5-9H2,1-4H3,(H2,14,16). The molecule has 0 radical (unpaired) electrons. The highest BCUT2D eigenvalue weighted by atomic mass is 16.1. The quantitative estimate of drug-likeness (QED) is 0.646. The van der Waals surface area contributed by atoms with Crippen LogP contribution in [-0.4, -0.2) is 29.9 Å². The van der Waals surface area contributed by atoms with Crippen molar-refractivity contribution < 1.29 is 4.79 Å². The maximum atomic E-state index is 11.0. The van der Waals surface area contributed by atoms with Crippen molar-refractivity contribution >= 4 is 5.91 Å². The highest BCUT2D eigenvalue weighted by Gasteiger charge is 2.13. The van der Waals surface area contributed by atoms with E-state index in [9.17, 15) is 4.79 Å². The molecule has 3 heteroatoms. The van der Waals surface area contributed by atoms with E-state index in [4.69, 9.17) is 5.73 Å². The summed E-state index contributed by atoms with van der Waals surface area (Å²) in [4.78, 5) is 13.4. The van der Waals surface area contributed by atoms with E-state index in [-0.39, 0.29) is 5.91 Å². The number of carbonyl (C=O) groups excluding carboxylic acids is 1. The third-order valence-electron chi connectivity index (χ3n) is 2.74. The topological polar surface area (TPSA) is 46.3 Å². The van der Waals surface area contributed by atoms with Crippen LogP contribution in [0.25, 0.3) is 0 Å². The van der Waals surface area contributed by atoms with E-state index < -0.39 is 0 Å². The zero-order chi connectivity index (χ0) is 12.6. The molecule has 0 saturated heterocycles. The van der Waals surface area contributed by atoms with Crippen molar-refractivity contribution in [2.45, 2.75) is 53.0 Å². The molecule has 0 aliphatic carbocycles. The minimum Gasteiger partial charge on any atom is -0.366 e. The monoisotopic (exact) mass is 226 g/mol. The molecule has 16 heavy (non-hydrogen) atoms. The molecular weight excluding hydrogens is 200 g/mol. The maximum absolute atomic E-state index is 11.0. The fraction of sp³-hybridized carbons (Fsp3) is 0.769. The van der Waals surface area contributed by atoms with Crippen LogP contribution in [0.5, 0.6) is 0 Å². The summed E-state index contributed by atoms with van der Waals surface area (Å²) in [6, 6.07) is 0.340. The van der Waals surface area contributed by atoms with E-state index in [2.05, 4.69) is 25.7 Å². The summed E-state index contributed by atoms with van der Waals surface area (Å²) in [5, 5.41) is 0. The van der Waals surface area contributed by atoms with E-state index in [1.54, 1.807) is 6.92 Å². The first kappa shape index (κ1) is 15.2. The number of primary amides is 1. The predicted octanol–water partition coefficient (Wildman–Crippen LogP) is 2.32. The SMILES string of the molecule is CCCN(CCC)C(C=C(C)C(N)=O)CC. The molecule has 2 N–H and O–H groups in total. The number of hydrogen-bond donors (Lipinski definition) is 1. The summed E-state index contributed by atoms with van der Waals surface area (Å²) in [7, 11) is 0. The van der Waals surface area contributed by atoms with Crippen LogP contribution in [0.4, 0.5) is 0 Å². The normalized spacial score (nSPS) is 14.2. The number of nitrogens with two attached hydrogens (primary N) is 1. The van der Waals surface area contributed by atoms with E-state index >= 15 is 0 Å². The third-order valence-corrected chi connectivity index (χ3v) is 2.74. The first-order valence-corrected chi connectivity index (χ1v) is 6.29.